The molecule has 0 amide bonds. The molecule has 0 aromatic carbocycles. The van der Waals surface area contributed by atoms with Crippen molar-refractivity contribution in [2.24, 2.45) is 10.4 Å². The molecular weight excluding hydrogens is 292 g/mol. The number of nitrogens with zero attached hydrogens (tertiary/aromatic N) is 10. The van der Waals surface area contributed by atoms with E-state index in [0.717, 1.165) is 0 Å². The van der Waals surface area contributed by atoms with Crippen molar-refractivity contribution in [1.82, 2.24) is 29.7 Å². The largest absolute Gasteiger partial charge is 0.366 e. The average molecular weight is 296 g/mol. The van der Waals surface area contributed by atoms with Gasteiger partial charge in [0.1, 0.15) is 0 Å². The van der Waals surface area contributed by atoms with E-state index in [1.54, 1.807) is 0 Å². The van der Waals surface area contributed by atoms with Crippen LogP contribution in [-0.4, -0.2) is 29.7 Å². The number of halogens is 4. The van der Waals surface area contributed by atoms with E-state index in [4.69, 9.17) is 11.5 Å². The summed E-state index contributed by atoms with van der Waals surface area (Å²) in [5.74, 6) is -3.29. The van der Waals surface area contributed by atoms with Gasteiger partial charge in [0.2, 0.25) is 11.9 Å². The van der Waals surface area contributed by atoms with Crippen LogP contribution in [0.2, 0.25) is 0 Å². The van der Waals surface area contributed by atoms with E-state index in [-0.39, 0.29) is 9.35 Å². The summed E-state index contributed by atoms with van der Waals surface area (Å²) in [6.45, 7) is 0. The summed E-state index contributed by atoms with van der Waals surface area (Å²) in [4.78, 5) is 0. The molecule has 4 N–H and O–H groups in total. The molecule has 108 valence electrons. The van der Waals surface area contributed by atoms with Crippen molar-refractivity contribution in [3.63, 3.8) is 0 Å². The summed E-state index contributed by atoms with van der Waals surface area (Å²) in [7, 11) is 0. The number of nitrogens with two attached hydrogens (primary N) is 2. The second kappa shape index (κ2) is 4.82. The molecule has 20 heavy (non-hydrogen) atoms. The molecule has 0 radical (unpaired) electrons. The van der Waals surface area contributed by atoms with Crippen LogP contribution in [0.4, 0.5) is 41.7 Å². The van der Waals surface area contributed by atoms with E-state index < -0.39 is 34.5 Å². The Kier molecular flexibility index (Phi) is 3.19. The molecular formula is C4H4F4N12. The highest BCUT2D eigenvalue weighted by atomic mass is 19.4. The zero-order valence-corrected chi connectivity index (χ0v) is 9.14. The molecule has 0 saturated carbocycles. The van der Waals surface area contributed by atoms with Crippen molar-refractivity contribution in [2.45, 2.75) is 0 Å². The van der Waals surface area contributed by atoms with Gasteiger partial charge in [-0.15, -0.1) is 29.7 Å². The van der Waals surface area contributed by atoms with Crippen LogP contribution in [0, 0.1) is 0 Å². The first-order valence-electron chi connectivity index (χ1n) is 4.49. The molecule has 2 rings (SSSR count). The fourth-order valence-electron chi connectivity index (χ4n) is 1.03. The van der Waals surface area contributed by atoms with E-state index in [0.29, 0.717) is 0 Å². The van der Waals surface area contributed by atoms with E-state index in [9.17, 15) is 17.9 Å². The molecule has 16 heteroatoms. The first-order chi connectivity index (χ1) is 9.41. The molecule has 0 spiro atoms. The zero-order chi connectivity index (χ0) is 14.9. The summed E-state index contributed by atoms with van der Waals surface area (Å²) in [6, 6.07) is 0. The van der Waals surface area contributed by atoms with Gasteiger partial charge in [0.15, 0.2) is 0 Å². The smallest absolute Gasteiger partial charge is 0.313 e. The summed E-state index contributed by atoms with van der Waals surface area (Å²) >= 11 is 0. The molecule has 12 nitrogen and oxygen atoms in total. The fraction of sp³-hybridized carbons (Fsp3) is 0. The quantitative estimate of drug-likeness (QED) is 0.450. The van der Waals surface area contributed by atoms with Crippen molar-refractivity contribution < 1.29 is 17.9 Å². The highest BCUT2D eigenvalue weighted by Crippen LogP contribution is 2.18. The maximum absolute atomic E-state index is 12.4. The van der Waals surface area contributed by atoms with Crippen molar-refractivity contribution in [3.05, 3.63) is 0 Å². The Labute approximate surface area is 105 Å². The molecule has 0 aliphatic heterocycles. The summed E-state index contributed by atoms with van der Waals surface area (Å²) < 4.78 is 50.0. The molecule has 0 saturated heterocycles. The molecule has 0 atom stereocenters. The second-order valence-corrected chi connectivity index (χ2v) is 2.98. The third-order valence-electron chi connectivity index (χ3n) is 1.82. The van der Waals surface area contributed by atoms with Crippen LogP contribution in [0.25, 0.3) is 0 Å². The number of hydrogen-bond donors (Lipinski definition) is 2. The Bertz CT molecular complexity index is 573. The second-order valence-electron chi connectivity index (χ2n) is 2.98. The molecule has 0 fully saturated rings. The third kappa shape index (κ3) is 2.20. The van der Waals surface area contributed by atoms with Crippen molar-refractivity contribution in [2.75, 3.05) is 22.2 Å². The summed E-state index contributed by atoms with van der Waals surface area (Å²) in [5, 5.41) is 15.5. The predicted octanol–water partition coefficient (Wildman–Crippen LogP) is -0.137. The van der Waals surface area contributed by atoms with E-state index in [1.165, 1.54) is 0 Å². The van der Waals surface area contributed by atoms with Gasteiger partial charge in [-0.3, -0.25) is 0 Å². The molecule has 2 aromatic rings. The lowest BCUT2D eigenvalue weighted by Crippen LogP contribution is -2.08. The number of anilines is 4. The topological polar surface area (TPSA) is 145 Å². The third-order valence-corrected chi connectivity index (χ3v) is 1.82. The van der Waals surface area contributed by atoms with E-state index in [2.05, 4.69) is 30.8 Å². The van der Waals surface area contributed by atoms with Crippen LogP contribution in [0.1, 0.15) is 0 Å². The lowest BCUT2D eigenvalue weighted by molar-refractivity contribution is 0.221. The molecule has 2 aromatic heterocycles. The Morgan fingerprint density at radius 1 is 0.750 bits per heavy atom. The van der Waals surface area contributed by atoms with Crippen molar-refractivity contribution in [1.29, 1.82) is 0 Å². The van der Waals surface area contributed by atoms with Crippen molar-refractivity contribution >= 4 is 23.8 Å². The number of nitrogen functional groups attached to an aromatic ring is 2. The predicted molar refractivity (Wildman–Crippen MR) is 53.9 cm³/mol. The van der Waals surface area contributed by atoms with Crippen LogP contribution in [0.15, 0.2) is 10.4 Å². The van der Waals surface area contributed by atoms with Gasteiger partial charge in [0.05, 0.1) is 0 Å². The number of hydrogen-bond acceptors (Lipinski definition) is 10. The van der Waals surface area contributed by atoms with Crippen LogP contribution < -0.4 is 22.2 Å². The minimum absolute atomic E-state index is 0.282. The molecule has 0 unspecified atom stereocenters. The Balaban J connectivity index is 2.40. The minimum atomic E-state index is -1.45. The van der Waals surface area contributed by atoms with Gasteiger partial charge in [0.25, 0.3) is 0 Å². The summed E-state index contributed by atoms with van der Waals surface area (Å²) in [5.41, 5.74) is 10.4. The molecule has 2 heterocycles. The first-order valence-corrected chi connectivity index (χ1v) is 4.49. The van der Waals surface area contributed by atoms with E-state index >= 15 is 0 Å². The normalized spacial score (nSPS) is 11.2. The highest BCUT2D eigenvalue weighted by Gasteiger charge is 2.19. The van der Waals surface area contributed by atoms with E-state index in [1.807, 2.05) is 0 Å². The SMILES string of the molecule is Nc1nnc(N(F)F)n1/N=N/n1c(N)nnc1N(F)F. The Morgan fingerprint density at radius 2 is 1.10 bits per heavy atom. The Morgan fingerprint density at radius 3 is 1.40 bits per heavy atom. The van der Waals surface area contributed by atoms with Gasteiger partial charge in [-0.1, -0.05) is 17.9 Å². The lowest BCUT2D eigenvalue weighted by atomic mass is 11.0. The van der Waals surface area contributed by atoms with Crippen LogP contribution in [0.5, 0.6) is 0 Å². The monoisotopic (exact) mass is 296 g/mol. The molecule has 0 bridgehead atoms. The van der Waals surface area contributed by atoms with Crippen LogP contribution >= 0.6 is 0 Å². The zero-order valence-electron chi connectivity index (χ0n) is 9.14. The number of aromatic nitrogens is 6. The van der Waals surface area contributed by atoms with Crippen LogP contribution in [-0.2, 0) is 0 Å². The Hall–Kier alpha value is -3.20. The number of rotatable bonds is 4. The molecule has 0 aliphatic carbocycles. The fourth-order valence-corrected chi connectivity index (χ4v) is 1.03. The first kappa shape index (κ1) is 13.2. The van der Waals surface area contributed by atoms with Gasteiger partial charge in [0, 0.05) is 10.7 Å². The maximum atomic E-state index is 12.4. The van der Waals surface area contributed by atoms with Gasteiger partial charge >= 0.3 is 11.9 Å². The highest BCUT2D eigenvalue weighted by molar-refractivity contribution is 5.32. The maximum Gasteiger partial charge on any atom is 0.313 e. The minimum Gasteiger partial charge on any atom is -0.366 e. The van der Waals surface area contributed by atoms with Gasteiger partial charge in [-0.05, 0) is 10.4 Å². The van der Waals surface area contributed by atoms with Crippen molar-refractivity contribution in [3.8, 4) is 0 Å². The standard InChI is InChI=1S/C4H4F4N12/c5-19(6)3-13-11-1(9)17(3)15-16-18-2(10)12-14-4(18)20(7)8/h(H2,9,11)(H2,10,12)/b16-15+. The molecule has 0 aliphatic rings. The van der Waals surface area contributed by atoms with Gasteiger partial charge in [-0.2, -0.15) is 0 Å². The van der Waals surface area contributed by atoms with Crippen LogP contribution in [0.3, 0.4) is 0 Å². The average Bonchev–Trinajstić information content (AvgIpc) is 2.90. The van der Waals surface area contributed by atoms with Gasteiger partial charge in [-0.25, -0.2) is 0 Å². The summed E-state index contributed by atoms with van der Waals surface area (Å²) in [6.07, 6.45) is 0. The van der Waals surface area contributed by atoms with Gasteiger partial charge < -0.3 is 11.5 Å². The lowest BCUT2D eigenvalue weighted by Gasteiger charge is -2.02.